The quantitative estimate of drug-likeness (QED) is 0.125. The smallest absolute Gasteiger partial charge is 0.243 e. The van der Waals surface area contributed by atoms with E-state index in [4.69, 9.17) is 72.7 Å². The molecule has 0 spiro atoms. The molecular formula is C41H39Cl5N6O5S4. The zero-order valence-corrected chi connectivity index (χ0v) is 39.6. The van der Waals surface area contributed by atoms with Gasteiger partial charge in [0, 0.05) is 81.0 Å². The first-order valence-corrected chi connectivity index (χ1v) is 25.4. The van der Waals surface area contributed by atoms with Crippen LogP contribution < -0.4 is 14.5 Å². The van der Waals surface area contributed by atoms with Gasteiger partial charge < -0.3 is 14.5 Å². The number of rotatable bonds is 11. The van der Waals surface area contributed by atoms with Crippen LogP contribution in [-0.4, -0.2) is 94.9 Å². The fourth-order valence-corrected chi connectivity index (χ4v) is 12.1. The highest BCUT2D eigenvalue weighted by atomic mass is 35.5. The number of sulfonamides is 2. The average molecular weight is 1000 g/mol. The topological polar surface area (TPSA) is 116 Å². The van der Waals surface area contributed by atoms with E-state index in [1.54, 1.807) is 29.8 Å². The second-order valence-corrected chi connectivity index (χ2v) is 21.6. The lowest BCUT2D eigenvalue weighted by molar-refractivity contribution is 0.384. The molecule has 0 N–H and O–H groups in total. The van der Waals surface area contributed by atoms with Crippen LogP contribution in [0.25, 0.3) is 0 Å². The van der Waals surface area contributed by atoms with Crippen LogP contribution in [0.1, 0.15) is 22.5 Å². The third-order valence-electron chi connectivity index (χ3n) is 10.00. The molecule has 11 nitrogen and oxygen atoms in total. The molecule has 322 valence electrons. The molecule has 4 heterocycles. The summed E-state index contributed by atoms with van der Waals surface area (Å²) in [7, 11) is -5.57. The minimum atomic E-state index is -3.61. The molecular weight excluding hydrogens is 962 g/mol. The van der Waals surface area contributed by atoms with E-state index in [1.807, 2.05) is 53.9 Å². The molecule has 2 fully saturated rings. The van der Waals surface area contributed by atoms with Crippen molar-refractivity contribution in [3.63, 3.8) is 0 Å². The van der Waals surface area contributed by atoms with E-state index in [0.29, 0.717) is 67.4 Å². The fraction of sp³-hybridized carbons (Fsp3) is 0.268. The van der Waals surface area contributed by atoms with Crippen molar-refractivity contribution < 1.29 is 21.6 Å². The zero-order valence-electron chi connectivity index (χ0n) is 32.6. The van der Waals surface area contributed by atoms with Gasteiger partial charge in [-0.05, 0) is 71.8 Å². The maximum absolute atomic E-state index is 12.9. The van der Waals surface area contributed by atoms with E-state index in [9.17, 15) is 16.8 Å². The molecule has 6 aromatic rings. The lowest BCUT2D eigenvalue weighted by Crippen LogP contribution is -2.48. The summed E-state index contributed by atoms with van der Waals surface area (Å²) < 4.78 is 59.8. The summed E-state index contributed by atoms with van der Waals surface area (Å²) in [5, 5.41) is 7.76. The van der Waals surface area contributed by atoms with Crippen molar-refractivity contribution in [2.45, 2.75) is 22.6 Å². The van der Waals surface area contributed by atoms with Crippen LogP contribution >= 0.6 is 80.7 Å². The summed E-state index contributed by atoms with van der Waals surface area (Å²) in [5.41, 5.74) is 4.29. The number of methoxy groups -OCH3 is 1. The van der Waals surface area contributed by atoms with Crippen molar-refractivity contribution in [1.82, 2.24) is 18.6 Å². The number of piperazine rings is 2. The van der Waals surface area contributed by atoms with E-state index < -0.39 is 20.0 Å². The highest BCUT2D eigenvalue weighted by Crippen LogP contribution is 2.31. The number of ether oxygens (including phenoxy) is 1. The van der Waals surface area contributed by atoms with Crippen molar-refractivity contribution in [3.05, 3.63) is 143 Å². The zero-order chi connectivity index (χ0) is 43.3. The van der Waals surface area contributed by atoms with Crippen LogP contribution in [0.3, 0.4) is 0 Å². The van der Waals surface area contributed by atoms with Crippen LogP contribution in [0.4, 0.5) is 10.3 Å². The summed E-state index contributed by atoms with van der Waals surface area (Å²) in [4.78, 5) is 14.0. The summed E-state index contributed by atoms with van der Waals surface area (Å²) in [6, 6.07) is 24.5. The molecule has 0 amide bonds. The SMILES string of the molecule is COc1ccc(Cc2csc(N3CCN(S(=O)(=O)c4ccc(Cl)c(Cl)c4)CC3)n2)cc1.O=S(=O)(c1ccc(Cl)c(Cl)c1)N1CCN(c2nc(Cc3ccc(Cl)cc3)cs2)CC1. The van der Waals surface area contributed by atoms with Crippen molar-refractivity contribution in [3.8, 4) is 5.75 Å². The van der Waals surface area contributed by atoms with E-state index in [2.05, 4.69) is 15.2 Å². The highest BCUT2D eigenvalue weighted by Gasteiger charge is 2.31. The molecule has 2 aliphatic heterocycles. The van der Waals surface area contributed by atoms with E-state index in [1.165, 1.54) is 45.0 Å². The van der Waals surface area contributed by atoms with Gasteiger partial charge in [-0.15, -0.1) is 22.7 Å². The first-order valence-electron chi connectivity index (χ1n) is 18.9. The molecule has 0 atom stereocenters. The van der Waals surface area contributed by atoms with Gasteiger partial charge >= 0.3 is 0 Å². The van der Waals surface area contributed by atoms with Gasteiger partial charge in [-0.3, -0.25) is 0 Å². The van der Waals surface area contributed by atoms with Gasteiger partial charge in [0.25, 0.3) is 0 Å². The van der Waals surface area contributed by atoms with E-state index >= 15 is 0 Å². The summed E-state index contributed by atoms with van der Waals surface area (Å²) in [6.07, 6.45) is 1.48. The molecule has 0 bridgehead atoms. The Bertz CT molecular complexity index is 2670. The summed E-state index contributed by atoms with van der Waals surface area (Å²) in [6.45, 7) is 3.85. The van der Waals surface area contributed by atoms with Crippen molar-refractivity contribution in [1.29, 1.82) is 0 Å². The van der Waals surface area contributed by atoms with Crippen LogP contribution in [0.2, 0.25) is 25.1 Å². The van der Waals surface area contributed by atoms with Gasteiger partial charge in [-0.25, -0.2) is 26.8 Å². The molecule has 2 aromatic heterocycles. The van der Waals surface area contributed by atoms with Gasteiger partial charge in [0.15, 0.2) is 10.3 Å². The Hall–Kier alpha value is -3.19. The Morgan fingerprint density at radius 1 is 0.541 bits per heavy atom. The van der Waals surface area contributed by atoms with Crippen LogP contribution in [-0.2, 0) is 32.9 Å². The number of nitrogens with zero attached hydrogens (tertiary/aromatic N) is 6. The van der Waals surface area contributed by atoms with Gasteiger partial charge in [-0.2, -0.15) is 8.61 Å². The van der Waals surface area contributed by atoms with E-state index in [-0.39, 0.29) is 19.8 Å². The number of halogens is 5. The monoisotopic (exact) mass is 998 g/mol. The normalized spacial score (nSPS) is 15.4. The predicted octanol–water partition coefficient (Wildman–Crippen LogP) is 9.77. The molecule has 2 saturated heterocycles. The first-order chi connectivity index (χ1) is 29.2. The minimum Gasteiger partial charge on any atom is -0.497 e. The lowest BCUT2D eigenvalue weighted by atomic mass is 10.1. The van der Waals surface area contributed by atoms with Gasteiger partial charge in [-0.1, -0.05) is 82.3 Å². The number of benzene rings is 4. The number of hydrogen-bond donors (Lipinski definition) is 0. The first kappa shape index (κ1) is 45.8. The number of anilines is 2. The van der Waals surface area contributed by atoms with Gasteiger partial charge in [0.2, 0.25) is 20.0 Å². The third-order valence-corrected chi connectivity index (χ3v) is 17.4. The maximum atomic E-state index is 12.9. The summed E-state index contributed by atoms with van der Waals surface area (Å²) in [5.74, 6) is 0.830. The fourth-order valence-electron chi connectivity index (χ4n) is 6.62. The Morgan fingerprint density at radius 2 is 0.934 bits per heavy atom. The molecule has 20 heteroatoms. The Balaban J connectivity index is 0.000000184. The lowest BCUT2D eigenvalue weighted by Gasteiger charge is -2.33. The average Bonchev–Trinajstić information content (AvgIpc) is 3.94. The Morgan fingerprint density at radius 3 is 1.31 bits per heavy atom. The maximum Gasteiger partial charge on any atom is 0.243 e. The van der Waals surface area contributed by atoms with Crippen molar-refractivity contribution in [2.24, 2.45) is 0 Å². The Labute approximate surface area is 389 Å². The van der Waals surface area contributed by atoms with Crippen LogP contribution in [0, 0.1) is 0 Å². The largest absolute Gasteiger partial charge is 0.497 e. The van der Waals surface area contributed by atoms with Crippen LogP contribution in [0.5, 0.6) is 5.75 Å². The second kappa shape index (κ2) is 20.1. The molecule has 0 aliphatic carbocycles. The molecule has 8 rings (SSSR count). The summed E-state index contributed by atoms with van der Waals surface area (Å²) >= 11 is 32.9. The molecule has 0 unspecified atom stereocenters. The van der Waals surface area contributed by atoms with Crippen LogP contribution in [0.15, 0.2) is 105 Å². The number of aromatic nitrogens is 2. The third kappa shape index (κ3) is 11.3. The predicted molar refractivity (Wildman–Crippen MR) is 249 cm³/mol. The standard InChI is InChI=1S/C21H21Cl2N3O3S2.C20H18Cl3N3O2S2/c1-29-17-4-2-15(3-5-17)12-16-14-30-21(24-16)25-8-10-26(11-9-25)31(27,28)18-6-7-19(22)20(23)13-18;21-15-3-1-14(2-4-15)11-16-13-29-20(24-16)25-7-9-26(10-8-25)30(27,28)17-5-6-18(22)19(23)12-17/h2-7,13-14H,8-12H2,1H3;1-6,12-13H,7-11H2. The van der Waals surface area contributed by atoms with Crippen molar-refractivity contribution >= 4 is 111 Å². The number of hydrogen-bond acceptors (Lipinski definition) is 11. The second-order valence-electron chi connectivity index (χ2n) is 14.0. The Kier molecular flexibility index (Phi) is 15.1. The molecule has 61 heavy (non-hydrogen) atoms. The molecule has 4 aromatic carbocycles. The van der Waals surface area contributed by atoms with Gasteiger partial charge in [0.05, 0.1) is 48.4 Å². The molecule has 2 aliphatic rings. The number of thiazole rings is 2. The van der Waals surface area contributed by atoms with E-state index in [0.717, 1.165) is 51.4 Å². The van der Waals surface area contributed by atoms with Crippen molar-refractivity contribution in [2.75, 3.05) is 69.3 Å². The van der Waals surface area contributed by atoms with Gasteiger partial charge in [0.1, 0.15) is 5.75 Å². The minimum absolute atomic E-state index is 0.157. The highest BCUT2D eigenvalue weighted by molar-refractivity contribution is 7.89. The molecule has 0 saturated carbocycles. The molecule has 0 radical (unpaired) electrons.